The van der Waals surface area contributed by atoms with Crippen molar-refractivity contribution in [1.82, 2.24) is 15.2 Å². The first kappa shape index (κ1) is 26.4. The largest absolute Gasteiger partial charge is 0.301 e. The number of nitrogens with zero attached hydrogens (tertiary/aromatic N) is 4. The highest BCUT2D eigenvalue weighted by Gasteiger charge is 2.33. The molecule has 0 bridgehead atoms. The Hall–Kier alpha value is -6.17. The molecule has 0 saturated carbocycles. The van der Waals surface area contributed by atoms with E-state index in [2.05, 4.69) is 16.0 Å². The van der Waals surface area contributed by atoms with Crippen molar-refractivity contribution >= 4 is 28.8 Å². The van der Waals surface area contributed by atoms with Crippen LogP contribution in [0.4, 0.5) is 17.1 Å². The van der Waals surface area contributed by atoms with E-state index in [1.54, 1.807) is 91.0 Å². The Balaban J connectivity index is 1.77. The average Bonchev–Trinajstić information content (AvgIpc) is 3.41. The van der Waals surface area contributed by atoms with Gasteiger partial charge < -0.3 is 0 Å². The minimum Gasteiger partial charge on any atom is -0.298 e. The first-order valence-corrected chi connectivity index (χ1v) is 12.2. The third kappa shape index (κ3) is 5.38. The Morgan fingerprint density at radius 1 is 0.756 bits per heavy atom. The van der Waals surface area contributed by atoms with Crippen LogP contribution in [0.5, 0.6) is 0 Å². The lowest BCUT2D eigenvalue weighted by Crippen LogP contribution is -2.31. The van der Waals surface area contributed by atoms with Crippen LogP contribution in [0.3, 0.4) is 0 Å². The Bertz CT molecular complexity index is 1770. The number of carbonyl (C=O) groups excluding carboxylic acids is 2. The second-order valence-corrected chi connectivity index (χ2v) is 8.68. The summed E-state index contributed by atoms with van der Waals surface area (Å²) in [6, 6.07) is 28.5. The van der Waals surface area contributed by atoms with Crippen molar-refractivity contribution < 1.29 is 19.4 Å². The van der Waals surface area contributed by atoms with Crippen molar-refractivity contribution in [3.63, 3.8) is 0 Å². The maximum absolute atomic E-state index is 14.0. The number of aromatic nitrogens is 2. The van der Waals surface area contributed by atoms with E-state index >= 15 is 0 Å². The van der Waals surface area contributed by atoms with Crippen molar-refractivity contribution in [2.75, 3.05) is 5.43 Å². The first-order chi connectivity index (χ1) is 19.8. The van der Waals surface area contributed by atoms with E-state index in [9.17, 15) is 29.8 Å². The number of amides is 1. The summed E-state index contributed by atoms with van der Waals surface area (Å²) >= 11 is 0. The number of nitro groups is 2. The van der Waals surface area contributed by atoms with Crippen molar-refractivity contribution in [3.05, 3.63) is 146 Å². The molecule has 0 aliphatic carbocycles. The van der Waals surface area contributed by atoms with Crippen molar-refractivity contribution in [1.29, 1.82) is 0 Å². The van der Waals surface area contributed by atoms with Crippen molar-refractivity contribution in [2.24, 2.45) is 0 Å². The molecular formula is C29H20N6O6. The van der Waals surface area contributed by atoms with Gasteiger partial charge in [0.2, 0.25) is 0 Å². The van der Waals surface area contributed by atoms with Crippen LogP contribution in [0.25, 0.3) is 16.9 Å². The second-order valence-electron chi connectivity index (χ2n) is 8.68. The van der Waals surface area contributed by atoms with Crippen LogP contribution in [0.2, 0.25) is 0 Å². The SMILES string of the molecule is O=C(NNc1ccccc1)c1nn(-c2ccc([N+](=O)[O-])cc2[N+](=O)[O-])c(-c2ccccc2)c1C(=O)c1ccccc1. The van der Waals surface area contributed by atoms with E-state index in [4.69, 9.17) is 0 Å². The number of ketones is 1. The number of benzene rings is 4. The van der Waals surface area contributed by atoms with Gasteiger partial charge in [0.1, 0.15) is 5.69 Å². The zero-order valence-corrected chi connectivity index (χ0v) is 21.1. The topological polar surface area (TPSA) is 162 Å². The Morgan fingerprint density at radius 2 is 1.37 bits per heavy atom. The molecule has 0 aliphatic heterocycles. The molecule has 1 aromatic heterocycles. The lowest BCUT2D eigenvalue weighted by Gasteiger charge is -2.11. The van der Waals surface area contributed by atoms with Gasteiger partial charge >= 0.3 is 5.69 Å². The van der Waals surface area contributed by atoms with E-state index < -0.39 is 32.9 Å². The molecule has 12 heteroatoms. The van der Waals surface area contributed by atoms with Crippen LogP contribution in [0, 0.1) is 20.2 Å². The van der Waals surface area contributed by atoms with Crippen LogP contribution in [-0.2, 0) is 0 Å². The number of rotatable bonds is 9. The maximum atomic E-state index is 14.0. The second kappa shape index (κ2) is 11.3. The summed E-state index contributed by atoms with van der Waals surface area (Å²) in [6.07, 6.45) is 0. The molecule has 1 heterocycles. The highest BCUT2D eigenvalue weighted by atomic mass is 16.6. The van der Waals surface area contributed by atoms with Gasteiger partial charge in [-0.3, -0.25) is 40.7 Å². The molecule has 5 aromatic rings. The van der Waals surface area contributed by atoms with Gasteiger partial charge in [-0.25, -0.2) is 4.68 Å². The zero-order chi connectivity index (χ0) is 28.9. The summed E-state index contributed by atoms with van der Waals surface area (Å²) in [5.41, 5.74) is 4.92. The summed E-state index contributed by atoms with van der Waals surface area (Å²) < 4.78 is 1.10. The third-order valence-corrected chi connectivity index (χ3v) is 6.10. The predicted molar refractivity (Wildman–Crippen MR) is 150 cm³/mol. The van der Waals surface area contributed by atoms with Gasteiger partial charge in [0.25, 0.3) is 11.6 Å². The first-order valence-electron chi connectivity index (χ1n) is 12.2. The smallest absolute Gasteiger partial charge is 0.298 e. The highest BCUT2D eigenvalue weighted by molar-refractivity contribution is 6.18. The standard InChI is InChI=1S/C29H20N6O6/c36-28(20-12-6-2-7-13-20)25-26(29(37)31-30-21-14-8-3-9-15-21)32-33(27(25)19-10-4-1-5-11-19)23-17-16-22(34(38)39)18-24(23)35(40)41/h1-18,30H,(H,31,37). The molecule has 4 aromatic carbocycles. The number of nitro benzene ring substituents is 2. The normalized spacial score (nSPS) is 10.5. The number of hydrogen-bond donors (Lipinski definition) is 2. The minimum absolute atomic E-state index is 0.0984. The monoisotopic (exact) mass is 548 g/mol. The fourth-order valence-corrected chi connectivity index (χ4v) is 4.22. The van der Waals surface area contributed by atoms with Crippen molar-refractivity contribution in [2.45, 2.75) is 0 Å². The van der Waals surface area contributed by atoms with Gasteiger partial charge in [-0.05, 0) is 18.2 Å². The van der Waals surface area contributed by atoms with E-state index in [1.807, 2.05) is 0 Å². The molecule has 0 atom stereocenters. The van der Waals surface area contributed by atoms with Crippen LogP contribution in [0.15, 0.2) is 109 Å². The molecule has 202 valence electrons. The molecular weight excluding hydrogens is 528 g/mol. The van der Waals surface area contributed by atoms with E-state index in [0.29, 0.717) is 11.3 Å². The molecule has 0 aliphatic rings. The van der Waals surface area contributed by atoms with Gasteiger partial charge in [0, 0.05) is 17.2 Å². The Kier molecular flexibility index (Phi) is 7.28. The fraction of sp³-hybridized carbons (Fsp3) is 0. The quantitative estimate of drug-likeness (QED) is 0.142. The van der Waals surface area contributed by atoms with Crippen LogP contribution in [0.1, 0.15) is 26.4 Å². The number of anilines is 1. The van der Waals surface area contributed by atoms with Crippen molar-refractivity contribution in [3.8, 4) is 16.9 Å². The number of non-ortho nitro benzene ring substituents is 1. The molecule has 0 saturated heterocycles. The van der Waals surface area contributed by atoms with Gasteiger partial charge in [-0.15, -0.1) is 0 Å². The highest BCUT2D eigenvalue weighted by Crippen LogP contribution is 2.35. The predicted octanol–water partition coefficient (Wildman–Crippen LogP) is 5.34. The molecule has 41 heavy (non-hydrogen) atoms. The van der Waals surface area contributed by atoms with Gasteiger partial charge in [0.05, 0.1) is 32.9 Å². The van der Waals surface area contributed by atoms with E-state index in [0.717, 1.165) is 22.9 Å². The molecule has 0 fully saturated rings. The molecule has 1 amide bonds. The fourth-order valence-electron chi connectivity index (χ4n) is 4.22. The Labute approximate surface area is 232 Å². The van der Waals surface area contributed by atoms with Crippen LogP contribution < -0.4 is 10.9 Å². The lowest BCUT2D eigenvalue weighted by molar-refractivity contribution is -0.394. The molecule has 0 unspecified atom stereocenters. The maximum Gasteiger partial charge on any atom is 0.301 e. The summed E-state index contributed by atoms with van der Waals surface area (Å²) in [4.78, 5) is 49.4. The zero-order valence-electron chi connectivity index (χ0n) is 21.1. The number of hydrazine groups is 1. The number of hydrogen-bond acceptors (Lipinski definition) is 8. The molecule has 5 rings (SSSR count). The van der Waals surface area contributed by atoms with E-state index in [-0.39, 0.29) is 28.2 Å². The Morgan fingerprint density at radius 3 is 1.98 bits per heavy atom. The molecule has 0 radical (unpaired) electrons. The van der Waals surface area contributed by atoms with Crippen LogP contribution in [-0.4, -0.2) is 31.3 Å². The summed E-state index contributed by atoms with van der Waals surface area (Å²) in [7, 11) is 0. The number of carbonyl (C=O) groups is 2. The minimum atomic E-state index is -0.784. The average molecular weight is 549 g/mol. The molecule has 12 nitrogen and oxygen atoms in total. The number of para-hydroxylation sites is 1. The third-order valence-electron chi connectivity index (χ3n) is 6.10. The molecule has 2 N–H and O–H groups in total. The molecule has 0 spiro atoms. The summed E-state index contributed by atoms with van der Waals surface area (Å²) in [5.74, 6) is -1.33. The number of nitrogens with one attached hydrogen (secondary N) is 2. The summed E-state index contributed by atoms with van der Waals surface area (Å²) in [6.45, 7) is 0. The summed E-state index contributed by atoms with van der Waals surface area (Å²) in [5, 5.41) is 27.8. The van der Waals surface area contributed by atoms with E-state index in [1.165, 1.54) is 0 Å². The lowest BCUT2D eigenvalue weighted by atomic mass is 9.97. The van der Waals surface area contributed by atoms with Crippen LogP contribution >= 0.6 is 0 Å². The van der Waals surface area contributed by atoms with Gasteiger partial charge in [-0.2, -0.15) is 5.10 Å². The van der Waals surface area contributed by atoms with Gasteiger partial charge in [0.15, 0.2) is 11.5 Å². The van der Waals surface area contributed by atoms with Gasteiger partial charge in [-0.1, -0.05) is 78.9 Å².